The standard InChI is InChI=1S/C14H26ClNO/c1-3-7-12(2)14(17)16(11-10-15)13-8-5-4-6-9-13/h12-13H,3-11H2,1-2H3. The molecule has 0 aromatic rings. The Labute approximate surface area is 111 Å². The summed E-state index contributed by atoms with van der Waals surface area (Å²) in [7, 11) is 0. The lowest BCUT2D eigenvalue weighted by Gasteiger charge is -2.35. The molecule has 1 fully saturated rings. The van der Waals surface area contributed by atoms with Crippen molar-refractivity contribution >= 4 is 17.5 Å². The van der Waals surface area contributed by atoms with Crippen LogP contribution in [0.25, 0.3) is 0 Å². The van der Waals surface area contributed by atoms with Crippen LogP contribution in [0.15, 0.2) is 0 Å². The number of nitrogens with zero attached hydrogens (tertiary/aromatic N) is 1. The molecule has 1 atom stereocenters. The second-order valence-electron chi connectivity index (χ2n) is 5.20. The molecule has 0 aliphatic heterocycles. The number of carbonyl (C=O) groups is 1. The SMILES string of the molecule is CCCC(C)C(=O)N(CCCl)C1CCCCC1. The maximum Gasteiger partial charge on any atom is 0.225 e. The van der Waals surface area contributed by atoms with Gasteiger partial charge in [-0.1, -0.05) is 39.5 Å². The Balaban J connectivity index is 2.59. The number of hydrogen-bond acceptors (Lipinski definition) is 1. The van der Waals surface area contributed by atoms with Gasteiger partial charge >= 0.3 is 0 Å². The zero-order valence-electron chi connectivity index (χ0n) is 11.3. The van der Waals surface area contributed by atoms with E-state index in [9.17, 15) is 4.79 Å². The highest BCUT2D eigenvalue weighted by Crippen LogP contribution is 2.24. The molecule has 1 aliphatic carbocycles. The molecule has 100 valence electrons. The first-order valence-corrected chi connectivity index (χ1v) is 7.60. The van der Waals surface area contributed by atoms with Crippen LogP contribution in [0.4, 0.5) is 0 Å². The van der Waals surface area contributed by atoms with Crippen LogP contribution >= 0.6 is 11.6 Å². The third-order valence-corrected chi connectivity index (χ3v) is 3.94. The summed E-state index contributed by atoms with van der Waals surface area (Å²) in [5, 5.41) is 0. The van der Waals surface area contributed by atoms with E-state index in [1.165, 1.54) is 32.1 Å². The summed E-state index contributed by atoms with van der Waals surface area (Å²) >= 11 is 5.85. The van der Waals surface area contributed by atoms with E-state index in [0.717, 1.165) is 19.4 Å². The predicted octanol–water partition coefficient (Wildman–Crippen LogP) is 3.82. The number of halogens is 1. The zero-order chi connectivity index (χ0) is 12.7. The molecule has 2 nitrogen and oxygen atoms in total. The van der Waals surface area contributed by atoms with E-state index in [2.05, 4.69) is 18.7 Å². The van der Waals surface area contributed by atoms with Crippen LogP contribution in [0.2, 0.25) is 0 Å². The number of rotatable bonds is 6. The van der Waals surface area contributed by atoms with Gasteiger partial charge in [0.2, 0.25) is 5.91 Å². The van der Waals surface area contributed by atoms with Gasteiger partial charge < -0.3 is 4.90 Å². The Morgan fingerprint density at radius 2 is 2.00 bits per heavy atom. The summed E-state index contributed by atoms with van der Waals surface area (Å²) in [6.45, 7) is 4.91. The predicted molar refractivity (Wildman–Crippen MR) is 73.4 cm³/mol. The average Bonchev–Trinajstić information content (AvgIpc) is 2.36. The van der Waals surface area contributed by atoms with E-state index < -0.39 is 0 Å². The monoisotopic (exact) mass is 259 g/mol. The number of alkyl halides is 1. The zero-order valence-corrected chi connectivity index (χ0v) is 12.0. The summed E-state index contributed by atoms with van der Waals surface area (Å²) < 4.78 is 0. The minimum atomic E-state index is 0.158. The van der Waals surface area contributed by atoms with Gasteiger partial charge in [0.05, 0.1) is 0 Å². The van der Waals surface area contributed by atoms with Crippen LogP contribution < -0.4 is 0 Å². The summed E-state index contributed by atoms with van der Waals surface area (Å²) in [6, 6.07) is 0.453. The van der Waals surface area contributed by atoms with Crippen LogP contribution in [-0.4, -0.2) is 29.3 Å². The van der Waals surface area contributed by atoms with E-state index in [0.29, 0.717) is 17.8 Å². The first kappa shape index (κ1) is 14.8. The molecular weight excluding hydrogens is 234 g/mol. The Morgan fingerprint density at radius 3 is 2.53 bits per heavy atom. The third kappa shape index (κ3) is 4.50. The summed E-state index contributed by atoms with van der Waals surface area (Å²) in [6.07, 6.45) is 8.25. The van der Waals surface area contributed by atoms with Crippen molar-refractivity contribution < 1.29 is 4.79 Å². The topological polar surface area (TPSA) is 20.3 Å². The highest BCUT2D eigenvalue weighted by molar-refractivity contribution is 6.18. The summed E-state index contributed by atoms with van der Waals surface area (Å²) in [4.78, 5) is 14.5. The lowest BCUT2D eigenvalue weighted by Crippen LogP contribution is -2.45. The van der Waals surface area contributed by atoms with Crippen molar-refractivity contribution in [2.45, 2.75) is 64.8 Å². The molecule has 0 aromatic heterocycles. The second kappa shape index (κ2) is 7.97. The fraction of sp³-hybridized carbons (Fsp3) is 0.929. The lowest BCUT2D eigenvalue weighted by atomic mass is 9.93. The van der Waals surface area contributed by atoms with E-state index in [4.69, 9.17) is 11.6 Å². The molecule has 0 N–H and O–H groups in total. The Kier molecular flexibility index (Phi) is 6.94. The van der Waals surface area contributed by atoms with Crippen LogP contribution in [-0.2, 0) is 4.79 Å². The molecule has 1 rings (SSSR count). The number of amides is 1. The normalized spacial score (nSPS) is 19.0. The number of carbonyl (C=O) groups excluding carboxylic acids is 1. The minimum absolute atomic E-state index is 0.158. The van der Waals surface area contributed by atoms with Gasteiger partial charge in [0, 0.05) is 24.4 Å². The lowest BCUT2D eigenvalue weighted by molar-refractivity contribution is -0.138. The van der Waals surface area contributed by atoms with Crippen molar-refractivity contribution in [2.24, 2.45) is 5.92 Å². The van der Waals surface area contributed by atoms with Gasteiger partial charge in [-0.2, -0.15) is 0 Å². The fourth-order valence-corrected chi connectivity index (χ4v) is 2.98. The number of hydrogen-bond donors (Lipinski definition) is 0. The molecule has 1 saturated carbocycles. The molecule has 17 heavy (non-hydrogen) atoms. The first-order chi connectivity index (χ1) is 8.20. The maximum atomic E-state index is 12.4. The largest absolute Gasteiger partial charge is 0.338 e. The van der Waals surface area contributed by atoms with E-state index in [1.807, 2.05) is 0 Å². The quantitative estimate of drug-likeness (QED) is 0.664. The Hall–Kier alpha value is -0.240. The van der Waals surface area contributed by atoms with Gasteiger partial charge in [-0.3, -0.25) is 4.79 Å². The van der Waals surface area contributed by atoms with Gasteiger partial charge in [-0.15, -0.1) is 11.6 Å². The summed E-state index contributed by atoms with van der Waals surface area (Å²) in [5.74, 6) is 1.03. The van der Waals surface area contributed by atoms with Crippen molar-refractivity contribution in [3.8, 4) is 0 Å². The van der Waals surface area contributed by atoms with Crippen LogP contribution in [0.5, 0.6) is 0 Å². The minimum Gasteiger partial charge on any atom is -0.338 e. The highest BCUT2D eigenvalue weighted by atomic mass is 35.5. The van der Waals surface area contributed by atoms with Gasteiger partial charge in [0.1, 0.15) is 0 Å². The van der Waals surface area contributed by atoms with E-state index in [-0.39, 0.29) is 5.92 Å². The molecule has 0 radical (unpaired) electrons. The maximum absolute atomic E-state index is 12.4. The van der Waals surface area contributed by atoms with Gasteiger partial charge in [-0.25, -0.2) is 0 Å². The Morgan fingerprint density at radius 1 is 1.35 bits per heavy atom. The van der Waals surface area contributed by atoms with Crippen LogP contribution in [0.1, 0.15) is 58.8 Å². The molecule has 1 amide bonds. The molecule has 0 aromatic carbocycles. The molecule has 1 unspecified atom stereocenters. The van der Waals surface area contributed by atoms with Crippen LogP contribution in [0, 0.1) is 5.92 Å². The summed E-state index contributed by atoms with van der Waals surface area (Å²) in [5.41, 5.74) is 0. The smallest absolute Gasteiger partial charge is 0.225 e. The average molecular weight is 260 g/mol. The van der Waals surface area contributed by atoms with Gasteiger partial charge in [0.25, 0.3) is 0 Å². The van der Waals surface area contributed by atoms with Crippen molar-refractivity contribution in [3.05, 3.63) is 0 Å². The van der Waals surface area contributed by atoms with Gasteiger partial charge in [-0.05, 0) is 19.3 Å². The molecule has 0 heterocycles. The molecular formula is C14H26ClNO. The highest BCUT2D eigenvalue weighted by Gasteiger charge is 2.27. The van der Waals surface area contributed by atoms with Crippen molar-refractivity contribution in [2.75, 3.05) is 12.4 Å². The van der Waals surface area contributed by atoms with Crippen molar-refractivity contribution in [1.29, 1.82) is 0 Å². The third-order valence-electron chi connectivity index (χ3n) is 3.77. The van der Waals surface area contributed by atoms with E-state index in [1.54, 1.807) is 0 Å². The fourth-order valence-electron chi connectivity index (χ4n) is 2.80. The van der Waals surface area contributed by atoms with Crippen molar-refractivity contribution in [3.63, 3.8) is 0 Å². The second-order valence-corrected chi connectivity index (χ2v) is 5.58. The Bertz CT molecular complexity index is 226. The molecule has 0 saturated heterocycles. The molecule has 3 heteroatoms. The first-order valence-electron chi connectivity index (χ1n) is 7.07. The van der Waals surface area contributed by atoms with Gasteiger partial charge in [0.15, 0.2) is 0 Å². The molecule has 0 spiro atoms. The van der Waals surface area contributed by atoms with Crippen molar-refractivity contribution in [1.82, 2.24) is 4.90 Å². The molecule has 0 bridgehead atoms. The molecule has 1 aliphatic rings. The van der Waals surface area contributed by atoms with E-state index >= 15 is 0 Å². The van der Waals surface area contributed by atoms with Crippen LogP contribution in [0.3, 0.4) is 0 Å².